The lowest BCUT2D eigenvalue weighted by Crippen LogP contribution is -2.38. The molecule has 6 nitrogen and oxygen atoms in total. The molecule has 3 rings (SSSR count). The number of para-hydroxylation sites is 1. The van der Waals surface area contributed by atoms with Crippen LogP contribution >= 0.6 is 12.4 Å². The lowest BCUT2D eigenvalue weighted by molar-refractivity contribution is 0.0934. The number of aromatic nitrogens is 2. The molecule has 0 saturated carbocycles. The van der Waals surface area contributed by atoms with Crippen LogP contribution in [0, 0.1) is 11.8 Å². The number of nitrogens with zero attached hydrogens (tertiary/aromatic N) is 2. The van der Waals surface area contributed by atoms with Crippen LogP contribution in [0.3, 0.4) is 0 Å². The number of rotatable bonds is 7. The van der Waals surface area contributed by atoms with Gasteiger partial charge in [0.25, 0.3) is 5.91 Å². The molecule has 1 aromatic heterocycles. The van der Waals surface area contributed by atoms with Crippen LogP contribution in [0.25, 0.3) is 5.69 Å². The molecule has 1 unspecified atom stereocenters. The summed E-state index contributed by atoms with van der Waals surface area (Å²) in [4.78, 5) is 12.7. The Morgan fingerprint density at radius 3 is 2.81 bits per heavy atom. The van der Waals surface area contributed by atoms with Gasteiger partial charge in [0, 0.05) is 6.54 Å². The highest BCUT2D eigenvalue weighted by Gasteiger charge is 2.21. The highest BCUT2D eigenvalue weighted by atomic mass is 35.5. The van der Waals surface area contributed by atoms with E-state index < -0.39 is 0 Å². The number of ether oxygens (including phenoxy) is 1. The van der Waals surface area contributed by atoms with Gasteiger partial charge in [0.1, 0.15) is 0 Å². The molecule has 1 aliphatic rings. The van der Waals surface area contributed by atoms with E-state index in [4.69, 9.17) is 4.74 Å². The van der Waals surface area contributed by atoms with Crippen LogP contribution in [0.1, 0.15) is 37.2 Å². The van der Waals surface area contributed by atoms with E-state index in [0.29, 0.717) is 36.4 Å². The molecule has 2 aromatic rings. The highest BCUT2D eigenvalue weighted by Crippen LogP contribution is 2.21. The highest BCUT2D eigenvalue weighted by molar-refractivity contribution is 5.95. The molecule has 0 radical (unpaired) electrons. The fourth-order valence-corrected chi connectivity index (χ4v) is 3.01. The molecule has 7 heteroatoms. The van der Waals surface area contributed by atoms with Crippen LogP contribution < -0.4 is 15.4 Å². The summed E-state index contributed by atoms with van der Waals surface area (Å²) in [5.74, 6) is 1.20. The van der Waals surface area contributed by atoms with Crippen LogP contribution in [0.15, 0.2) is 36.5 Å². The van der Waals surface area contributed by atoms with Crippen LogP contribution in [0.2, 0.25) is 0 Å². The number of hydrogen-bond donors (Lipinski definition) is 2. The molecule has 1 aromatic carbocycles. The van der Waals surface area contributed by atoms with Gasteiger partial charge >= 0.3 is 0 Å². The van der Waals surface area contributed by atoms with Crippen molar-refractivity contribution in [1.29, 1.82) is 0 Å². The van der Waals surface area contributed by atoms with Gasteiger partial charge in [-0.15, -0.1) is 12.4 Å². The molecular formula is C20H29ClN4O2. The normalized spacial score (nSPS) is 16.6. The average Bonchev–Trinajstić information content (AvgIpc) is 3.10. The molecule has 0 spiro atoms. The van der Waals surface area contributed by atoms with Crippen LogP contribution in [0.4, 0.5) is 0 Å². The van der Waals surface area contributed by atoms with Crippen molar-refractivity contribution in [2.45, 2.75) is 26.7 Å². The fraction of sp³-hybridized carbons (Fsp3) is 0.500. The quantitative estimate of drug-likeness (QED) is 0.759. The van der Waals surface area contributed by atoms with Gasteiger partial charge in [0.15, 0.2) is 11.4 Å². The number of carbonyl (C=O) groups excluding carboxylic acids is 1. The maximum Gasteiger partial charge on any atom is 0.275 e. The molecular weight excluding hydrogens is 364 g/mol. The Labute approximate surface area is 167 Å². The zero-order chi connectivity index (χ0) is 18.4. The Bertz CT molecular complexity index is 712. The number of hydrogen-bond acceptors (Lipinski definition) is 4. The lowest BCUT2D eigenvalue weighted by atomic mass is 10.00. The van der Waals surface area contributed by atoms with Crippen molar-refractivity contribution in [3.8, 4) is 11.4 Å². The van der Waals surface area contributed by atoms with Gasteiger partial charge in [0.05, 0.1) is 18.5 Å². The minimum absolute atomic E-state index is 0. The number of piperidine rings is 1. The fourth-order valence-electron chi connectivity index (χ4n) is 3.01. The summed E-state index contributed by atoms with van der Waals surface area (Å²) in [6.07, 6.45) is 4.09. The van der Waals surface area contributed by atoms with Crippen LogP contribution in [0.5, 0.6) is 5.75 Å². The Kier molecular flexibility index (Phi) is 8.13. The second kappa shape index (κ2) is 10.3. The topological polar surface area (TPSA) is 68.2 Å². The standard InChI is InChI=1S/C20H28N4O2.ClH/c1-15(2)14-26-18-13-24(17-8-4-3-5-9-17)23-19(18)20(25)22-12-16-7-6-10-21-11-16;/h3-5,8-9,13,15-16,21H,6-7,10-12,14H2,1-2H3,(H,22,25);1H. The maximum atomic E-state index is 12.7. The molecule has 0 bridgehead atoms. The molecule has 148 valence electrons. The Morgan fingerprint density at radius 1 is 1.37 bits per heavy atom. The van der Waals surface area contributed by atoms with E-state index in [1.54, 1.807) is 10.9 Å². The summed E-state index contributed by atoms with van der Waals surface area (Å²) >= 11 is 0. The van der Waals surface area contributed by atoms with Gasteiger partial charge in [-0.1, -0.05) is 32.0 Å². The van der Waals surface area contributed by atoms with E-state index >= 15 is 0 Å². The first-order valence-electron chi connectivity index (χ1n) is 9.40. The Morgan fingerprint density at radius 2 is 2.15 bits per heavy atom. The van der Waals surface area contributed by atoms with Gasteiger partial charge in [-0.25, -0.2) is 4.68 Å². The number of amides is 1. The molecule has 2 N–H and O–H groups in total. The summed E-state index contributed by atoms with van der Waals surface area (Å²) in [6, 6.07) is 9.75. The largest absolute Gasteiger partial charge is 0.489 e. The maximum absolute atomic E-state index is 12.7. The van der Waals surface area contributed by atoms with Crippen molar-refractivity contribution in [2.75, 3.05) is 26.2 Å². The van der Waals surface area contributed by atoms with E-state index in [9.17, 15) is 4.79 Å². The predicted octanol–water partition coefficient (Wildman–Crippen LogP) is 3.06. The smallest absolute Gasteiger partial charge is 0.275 e. The van der Waals surface area contributed by atoms with Gasteiger partial charge in [-0.2, -0.15) is 5.10 Å². The van der Waals surface area contributed by atoms with Gasteiger partial charge in [-0.05, 0) is 49.9 Å². The van der Waals surface area contributed by atoms with E-state index in [0.717, 1.165) is 31.6 Å². The van der Waals surface area contributed by atoms with Crippen molar-refractivity contribution in [3.63, 3.8) is 0 Å². The molecule has 0 aliphatic carbocycles. The second-order valence-corrected chi connectivity index (χ2v) is 7.25. The summed E-state index contributed by atoms with van der Waals surface area (Å²) in [7, 11) is 0. The summed E-state index contributed by atoms with van der Waals surface area (Å²) in [6.45, 7) is 7.39. The number of benzene rings is 1. The summed E-state index contributed by atoms with van der Waals surface area (Å²) < 4.78 is 7.56. The SMILES string of the molecule is CC(C)COc1cn(-c2ccccc2)nc1C(=O)NCC1CCCNC1.Cl. The predicted molar refractivity (Wildman–Crippen MR) is 109 cm³/mol. The first-order valence-corrected chi connectivity index (χ1v) is 9.40. The number of halogens is 1. The third kappa shape index (κ3) is 5.97. The van der Waals surface area contributed by atoms with Crippen molar-refractivity contribution in [1.82, 2.24) is 20.4 Å². The summed E-state index contributed by atoms with van der Waals surface area (Å²) in [5, 5.41) is 10.9. The lowest BCUT2D eigenvalue weighted by Gasteiger charge is -2.22. The van der Waals surface area contributed by atoms with Gasteiger partial charge in [-0.3, -0.25) is 4.79 Å². The zero-order valence-electron chi connectivity index (χ0n) is 16.0. The molecule has 1 atom stereocenters. The van der Waals surface area contributed by atoms with E-state index in [1.807, 2.05) is 30.3 Å². The first-order chi connectivity index (χ1) is 12.6. The number of carbonyl (C=O) groups is 1. The molecule has 2 heterocycles. The Balaban J connectivity index is 0.00000261. The molecule has 27 heavy (non-hydrogen) atoms. The van der Waals surface area contributed by atoms with Crippen LogP contribution in [-0.2, 0) is 0 Å². The number of nitrogens with one attached hydrogen (secondary N) is 2. The minimum Gasteiger partial charge on any atom is -0.489 e. The monoisotopic (exact) mass is 392 g/mol. The zero-order valence-corrected chi connectivity index (χ0v) is 16.8. The van der Waals surface area contributed by atoms with Gasteiger partial charge in [0.2, 0.25) is 0 Å². The molecule has 1 aliphatic heterocycles. The van der Waals surface area contributed by atoms with Gasteiger partial charge < -0.3 is 15.4 Å². The van der Waals surface area contributed by atoms with E-state index in [1.165, 1.54) is 0 Å². The molecule has 1 saturated heterocycles. The molecule has 1 fully saturated rings. The third-order valence-corrected chi connectivity index (χ3v) is 4.44. The van der Waals surface area contributed by atoms with Crippen molar-refractivity contribution < 1.29 is 9.53 Å². The average molecular weight is 393 g/mol. The van der Waals surface area contributed by atoms with Crippen molar-refractivity contribution in [2.24, 2.45) is 11.8 Å². The first kappa shape index (κ1) is 21.3. The van der Waals surface area contributed by atoms with Crippen LogP contribution in [-0.4, -0.2) is 41.9 Å². The molecule has 1 amide bonds. The minimum atomic E-state index is -0.177. The van der Waals surface area contributed by atoms with Crippen molar-refractivity contribution in [3.05, 3.63) is 42.2 Å². The summed E-state index contributed by atoms with van der Waals surface area (Å²) in [5.41, 5.74) is 1.25. The van der Waals surface area contributed by atoms with Crippen molar-refractivity contribution >= 4 is 18.3 Å². The third-order valence-electron chi connectivity index (χ3n) is 4.44. The second-order valence-electron chi connectivity index (χ2n) is 7.25. The Hall–Kier alpha value is -2.05. The van der Waals surface area contributed by atoms with E-state index in [-0.39, 0.29) is 18.3 Å². The van der Waals surface area contributed by atoms with E-state index in [2.05, 4.69) is 29.6 Å².